The van der Waals surface area contributed by atoms with Gasteiger partial charge in [-0.2, -0.15) is 0 Å². The van der Waals surface area contributed by atoms with Gasteiger partial charge in [-0.3, -0.25) is 48.1 Å². The highest BCUT2D eigenvalue weighted by molar-refractivity contribution is 7.99. The van der Waals surface area contributed by atoms with Crippen molar-refractivity contribution in [1.82, 2.24) is 57.1 Å². The number of nitrogens with one attached hydrogen (secondary N) is 9. The number of benzene rings is 2. The molecular formula is C51H72N14O9S. The summed E-state index contributed by atoms with van der Waals surface area (Å²) in [4.78, 5) is 132. The fraction of sp³-hybridized carbons (Fsp3) is 0.490. The minimum atomic E-state index is -1.33. The molecule has 75 heavy (non-hydrogen) atoms. The van der Waals surface area contributed by atoms with Gasteiger partial charge in [0.2, 0.25) is 53.2 Å². The summed E-state index contributed by atoms with van der Waals surface area (Å²) in [6, 6.07) is 8.18. The summed E-state index contributed by atoms with van der Waals surface area (Å²) in [6.45, 7) is 8.56. The Labute approximate surface area is 439 Å². The Hall–Kier alpha value is -7.31. The zero-order valence-corrected chi connectivity index (χ0v) is 43.8. The first-order valence-electron chi connectivity index (χ1n) is 25.0. The fourth-order valence-electron chi connectivity index (χ4n) is 8.59. The summed E-state index contributed by atoms with van der Waals surface area (Å²) < 4.78 is 0. The first-order chi connectivity index (χ1) is 35.7. The normalized spacial score (nSPS) is 16.4. The molecular weight excluding hydrogens is 985 g/mol. The predicted octanol–water partition coefficient (Wildman–Crippen LogP) is -0.881. The van der Waals surface area contributed by atoms with E-state index in [9.17, 15) is 43.2 Å². The quantitative estimate of drug-likeness (QED) is 0.0315. The van der Waals surface area contributed by atoms with Crippen LogP contribution >= 0.6 is 11.8 Å². The number of hydrogen-bond donors (Lipinski definition) is 12. The van der Waals surface area contributed by atoms with E-state index in [0.717, 1.165) is 16.5 Å². The number of para-hydroxylation sites is 1. The van der Waals surface area contributed by atoms with Crippen molar-refractivity contribution in [2.45, 2.75) is 121 Å². The maximum atomic E-state index is 14.2. The number of nitrogens with zero attached hydrogens (tertiary/aromatic N) is 2. The second-order valence-corrected chi connectivity index (χ2v) is 20.6. The first kappa shape index (κ1) is 58.6. The van der Waals surface area contributed by atoms with E-state index in [1.165, 1.54) is 19.4 Å². The zero-order valence-electron chi connectivity index (χ0n) is 43.0. The smallest absolute Gasteiger partial charge is 0.243 e. The number of hydrogen-bond acceptors (Lipinski definition) is 13. The third-order valence-corrected chi connectivity index (χ3v) is 13.7. The number of carbonyl (C=O) groups excluding carboxylic acids is 9. The summed E-state index contributed by atoms with van der Waals surface area (Å²) >= 11 is 1.57. The van der Waals surface area contributed by atoms with Gasteiger partial charge >= 0.3 is 0 Å². The molecule has 0 radical (unpaired) electrons. The van der Waals surface area contributed by atoms with E-state index in [4.69, 9.17) is 17.2 Å². The molecule has 8 atom stereocenters. The van der Waals surface area contributed by atoms with Crippen LogP contribution in [0.2, 0.25) is 0 Å². The molecule has 1 fully saturated rings. The van der Waals surface area contributed by atoms with Gasteiger partial charge in [0, 0.05) is 72.5 Å². The molecule has 23 nitrogen and oxygen atoms in total. The molecule has 15 N–H and O–H groups in total. The molecule has 1 aliphatic heterocycles. The Morgan fingerprint density at radius 2 is 1.40 bits per heavy atom. The molecule has 1 saturated heterocycles. The molecule has 406 valence electrons. The van der Waals surface area contributed by atoms with Crippen molar-refractivity contribution in [2.75, 3.05) is 24.7 Å². The van der Waals surface area contributed by atoms with Gasteiger partial charge in [-0.25, -0.2) is 4.98 Å². The minimum absolute atomic E-state index is 0.0420. The Balaban J connectivity index is 1.23. The second-order valence-electron chi connectivity index (χ2n) is 19.6. The molecule has 4 aromatic rings. The molecule has 0 aliphatic carbocycles. The highest BCUT2D eigenvalue weighted by Crippen LogP contribution is 2.23. The second kappa shape index (κ2) is 28.4. The van der Waals surface area contributed by atoms with Crippen molar-refractivity contribution in [3.63, 3.8) is 0 Å². The van der Waals surface area contributed by atoms with E-state index >= 15 is 0 Å². The van der Waals surface area contributed by atoms with Crippen LogP contribution in [0.15, 0.2) is 73.3 Å². The molecule has 3 heterocycles. The SMILES string of the molecule is CC(C)C[C@@H](CN1CSC[C@H]1C(N)=O)NC(=O)[C@H](Cc1cnc[nH]1)NC(=O)CNC(=O)[C@@H](NC(=O)[C@H](C)NC(=O)[C@H](Cc1c[nH]c2ccccc12)NC(=O)[C@H](CCC(N)=O)NC(=O)[C@H](N)Cc1ccccc1)C(C)C. The van der Waals surface area contributed by atoms with Crippen LogP contribution in [-0.4, -0.2) is 146 Å². The lowest BCUT2D eigenvalue weighted by Crippen LogP contribution is -2.59. The highest BCUT2D eigenvalue weighted by Gasteiger charge is 2.35. The van der Waals surface area contributed by atoms with Crippen molar-refractivity contribution in [3.05, 3.63) is 90.1 Å². The summed E-state index contributed by atoms with van der Waals surface area (Å²) in [5.41, 5.74) is 20.1. The highest BCUT2D eigenvalue weighted by atomic mass is 32.2. The molecule has 2 aromatic carbocycles. The number of aromatic amines is 2. The van der Waals surface area contributed by atoms with Crippen LogP contribution in [0.5, 0.6) is 0 Å². The molecule has 0 unspecified atom stereocenters. The zero-order chi connectivity index (χ0) is 54.8. The molecule has 5 rings (SSSR count). The fourth-order valence-corrected chi connectivity index (χ4v) is 9.81. The van der Waals surface area contributed by atoms with E-state index in [1.54, 1.807) is 56.1 Å². The van der Waals surface area contributed by atoms with Gasteiger partial charge < -0.3 is 64.4 Å². The Morgan fingerprint density at radius 3 is 2.07 bits per heavy atom. The number of aromatic nitrogens is 3. The van der Waals surface area contributed by atoms with Crippen LogP contribution in [-0.2, 0) is 62.4 Å². The van der Waals surface area contributed by atoms with Crippen molar-refractivity contribution in [3.8, 4) is 0 Å². The van der Waals surface area contributed by atoms with Gasteiger partial charge in [0.05, 0.1) is 25.0 Å². The summed E-state index contributed by atoms with van der Waals surface area (Å²) in [7, 11) is 0. The van der Waals surface area contributed by atoms with Gasteiger partial charge in [0.15, 0.2) is 0 Å². The van der Waals surface area contributed by atoms with Gasteiger partial charge in [0.1, 0.15) is 30.2 Å². The molecule has 9 amide bonds. The van der Waals surface area contributed by atoms with Crippen LogP contribution in [0.3, 0.4) is 0 Å². The van der Waals surface area contributed by atoms with Gasteiger partial charge in [-0.05, 0) is 55.2 Å². The average molecular weight is 1060 g/mol. The lowest BCUT2D eigenvalue weighted by atomic mass is 10.0. The number of thioether (sulfide) groups is 1. The number of primary amides is 2. The van der Waals surface area contributed by atoms with E-state index in [0.29, 0.717) is 35.9 Å². The topological polar surface area (TPSA) is 364 Å². The van der Waals surface area contributed by atoms with E-state index < -0.39 is 108 Å². The monoisotopic (exact) mass is 1060 g/mol. The van der Waals surface area contributed by atoms with Crippen molar-refractivity contribution < 1.29 is 43.2 Å². The number of amides is 9. The maximum absolute atomic E-state index is 14.2. The van der Waals surface area contributed by atoms with Crippen LogP contribution in [0.4, 0.5) is 0 Å². The summed E-state index contributed by atoms with van der Waals surface area (Å²) in [5.74, 6) is -5.31. The Kier molecular flexibility index (Phi) is 22.2. The van der Waals surface area contributed by atoms with Crippen LogP contribution < -0.4 is 54.4 Å². The third-order valence-electron chi connectivity index (χ3n) is 12.6. The molecule has 1 aliphatic rings. The number of rotatable bonds is 29. The van der Waals surface area contributed by atoms with Crippen LogP contribution in [0.1, 0.15) is 70.7 Å². The van der Waals surface area contributed by atoms with E-state index in [2.05, 4.69) is 52.2 Å². The lowest BCUT2D eigenvalue weighted by Gasteiger charge is -2.30. The Morgan fingerprint density at radius 1 is 0.733 bits per heavy atom. The molecule has 0 spiro atoms. The van der Waals surface area contributed by atoms with Crippen LogP contribution in [0, 0.1) is 11.8 Å². The van der Waals surface area contributed by atoms with Crippen LogP contribution in [0.25, 0.3) is 10.9 Å². The minimum Gasteiger partial charge on any atom is -0.370 e. The standard InChI is InChI=1S/C51H72N14O9S/c1-28(2)17-34(24-65-27-75-25-41(65)45(54)68)60-50(73)40(20-33-22-55-26-58-33)61-43(67)23-57-51(74)44(29(3)4)64-46(69)30(5)59-49(72)39(19-32-21-56-37-14-10-9-13-35(32)37)63-48(71)38(15-16-42(53)66)62-47(70)36(52)18-31-11-7-6-8-12-31/h6-14,21-22,26,28-30,34,36,38-41,44,56H,15-20,23-25,27,52H2,1-5H3,(H2,53,66)(H2,54,68)(H,55,58)(H,57,74)(H,59,72)(H,60,73)(H,61,67)(H,62,70)(H,63,71)(H,64,69)/t30-,34-,36+,38-,39-,40-,41-,44-/m0/s1. The van der Waals surface area contributed by atoms with Gasteiger partial charge in [0.25, 0.3) is 0 Å². The average Bonchev–Trinajstić information content (AvgIpc) is 4.15. The number of H-pyrrole nitrogens is 2. The van der Waals surface area contributed by atoms with Crippen molar-refractivity contribution >= 4 is 75.8 Å². The molecule has 0 saturated carbocycles. The number of imidazole rings is 1. The first-order valence-corrected chi connectivity index (χ1v) is 26.1. The summed E-state index contributed by atoms with van der Waals surface area (Å²) in [5, 5.41) is 19.7. The van der Waals surface area contributed by atoms with E-state index in [1.807, 2.05) is 49.1 Å². The molecule has 2 aromatic heterocycles. The third kappa shape index (κ3) is 18.2. The summed E-state index contributed by atoms with van der Waals surface area (Å²) in [6.07, 6.45) is 4.88. The Bertz CT molecular complexity index is 2590. The lowest BCUT2D eigenvalue weighted by molar-refractivity contribution is -0.135. The van der Waals surface area contributed by atoms with Gasteiger partial charge in [-0.1, -0.05) is 76.2 Å². The van der Waals surface area contributed by atoms with Crippen molar-refractivity contribution in [2.24, 2.45) is 29.0 Å². The van der Waals surface area contributed by atoms with Crippen molar-refractivity contribution in [1.29, 1.82) is 0 Å². The van der Waals surface area contributed by atoms with Gasteiger partial charge in [-0.15, -0.1) is 11.8 Å². The number of carbonyl (C=O) groups is 9. The maximum Gasteiger partial charge on any atom is 0.243 e. The largest absolute Gasteiger partial charge is 0.370 e. The predicted molar refractivity (Wildman–Crippen MR) is 282 cm³/mol. The molecule has 0 bridgehead atoms. The molecule has 24 heteroatoms. The number of fused-ring (bicyclic) bond motifs is 1. The number of nitrogens with two attached hydrogens (primary N) is 3. The van der Waals surface area contributed by atoms with E-state index in [-0.39, 0.29) is 44.1 Å².